The summed E-state index contributed by atoms with van der Waals surface area (Å²) in [5.41, 5.74) is 0.371. The van der Waals surface area contributed by atoms with E-state index in [4.69, 9.17) is 4.74 Å². The van der Waals surface area contributed by atoms with Gasteiger partial charge < -0.3 is 15.4 Å². The smallest absolute Gasteiger partial charge is 0.214 e. The highest BCUT2D eigenvalue weighted by Crippen LogP contribution is 2.28. The minimum absolute atomic E-state index is 0.371. The van der Waals surface area contributed by atoms with E-state index in [1.807, 2.05) is 18.2 Å². The molecule has 2 N–H and O–H groups in total. The minimum atomic E-state index is 0.371. The Balaban J connectivity index is 1.92. The van der Waals surface area contributed by atoms with Crippen molar-refractivity contribution in [3.8, 4) is 5.88 Å². The van der Waals surface area contributed by atoms with E-state index in [9.17, 15) is 0 Å². The molecule has 0 saturated carbocycles. The third kappa shape index (κ3) is 3.33. The molecule has 2 rings (SSSR count). The number of nitrogens with one attached hydrogen (secondary N) is 2. The molecule has 0 atom stereocenters. The molecule has 1 aromatic rings. The Labute approximate surface area is 103 Å². The fraction of sp³-hybridized carbons (Fsp3) is 0.615. The molecule has 1 fully saturated rings. The molecule has 0 amide bonds. The van der Waals surface area contributed by atoms with Crippen LogP contribution in [-0.4, -0.2) is 31.7 Å². The molecule has 0 spiro atoms. The Morgan fingerprint density at radius 2 is 2.18 bits per heavy atom. The van der Waals surface area contributed by atoms with Crippen molar-refractivity contribution in [1.29, 1.82) is 0 Å². The predicted octanol–water partition coefficient (Wildman–Crippen LogP) is 1.89. The fourth-order valence-electron chi connectivity index (χ4n) is 2.14. The van der Waals surface area contributed by atoms with Crippen LogP contribution in [0.1, 0.15) is 19.8 Å². The van der Waals surface area contributed by atoms with Gasteiger partial charge in [-0.1, -0.05) is 13.0 Å². The number of ether oxygens (including phenoxy) is 1. The van der Waals surface area contributed by atoms with Gasteiger partial charge in [0.2, 0.25) is 5.88 Å². The number of aromatic nitrogens is 1. The summed E-state index contributed by atoms with van der Waals surface area (Å²) in [5.74, 6) is 1.55. The molecule has 94 valence electrons. The summed E-state index contributed by atoms with van der Waals surface area (Å²) in [6.45, 7) is 5.53. The van der Waals surface area contributed by atoms with E-state index in [2.05, 4.69) is 22.5 Å². The fourth-order valence-corrected chi connectivity index (χ4v) is 2.14. The van der Waals surface area contributed by atoms with Crippen molar-refractivity contribution in [2.24, 2.45) is 5.41 Å². The number of nitrogens with zero attached hydrogens (tertiary/aromatic N) is 1. The highest BCUT2D eigenvalue weighted by atomic mass is 16.5. The first-order chi connectivity index (χ1) is 8.22. The molecular weight excluding hydrogens is 214 g/mol. The number of pyridine rings is 1. The molecule has 0 aliphatic carbocycles. The lowest BCUT2D eigenvalue weighted by Crippen LogP contribution is -2.39. The van der Waals surface area contributed by atoms with Gasteiger partial charge >= 0.3 is 0 Å². The van der Waals surface area contributed by atoms with Crippen LogP contribution in [0.5, 0.6) is 5.88 Å². The Kier molecular flexibility index (Phi) is 3.84. The van der Waals surface area contributed by atoms with Crippen LogP contribution in [0, 0.1) is 5.41 Å². The van der Waals surface area contributed by atoms with Gasteiger partial charge in [0, 0.05) is 12.6 Å². The van der Waals surface area contributed by atoms with Gasteiger partial charge in [0.05, 0.1) is 7.11 Å². The van der Waals surface area contributed by atoms with Crippen molar-refractivity contribution in [2.45, 2.75) is 19.8 Å². The van der Waals surface area contributed by atoms with Crippen molar-refractivity contribution < 1.29 is 4.74 Å². The van der Waals surface area contributed by atoms with Gasteiger partial charge in [-0.25, -0.2) is 0 Å². The van der Waals surface area contributed by atoms with E-state index in [1.165, 1.54) is 12.8 Å². The number of anilines is 1. The molecule has 17 heavy (non-hydrogen) atoms. The SMILES string of the molecule is COc1cccc(NCC2(C)CCNCC2)n1. The molecule has 1 saturated heterocycles. The summed E-state index contributed by atoms with van der Waals surface area (Å²) >= 11 is 0. The second-order valence-corrected chi connectivity index (χ2v) is 4.98. The van der Waals surface area contributed by atoms with E-state index in [-0.39, 0.29) is 0 Å². The van der Waals surface area contributed by atoms with E-state index >= 15 is 0 Å². The summed E-state index contributed by atoms with van der Waals surface area (Å²) in [6.07, 6.45) is 2.42. The maximum absolute atomic E-state index is 5.11. The maximum atomic E-state index is 5.11. The van der Waals surface area contributed by atoms with Crippen LogP contribution in [0.4, 0.5) is 5.82 Å². The third-order valence-corrected chi connectivity index (χ3v) is 3.44. The molecule has 0 aromatic carbocycles. The first-order valence-corrected chi connectivity index (χ1v) is 6.17. The Hall–Kier alpha value is -1.29. The lowest BCUT2D eigenvalue weighted by Gasteiger charge is -2.34. The van der Waals surface area contributed by atoms with Gasteiger partial charge in [0.1, 0.15) is 5.82 Å². The molecule has 1 aliphatic rings. The van der Waals surface area contributed by atoms with Gasteiger partial charge in [-0.2, -0.15) is 4.98 Å². The number of hydrogen-bond donors (Lipinski definition) is 2. The molecule has 4 heteroatoms. The average molecular weight is 235 g/mol. The normalized spacial score (nSPS) is 18.7. The van der Waals surface area contributed by atoms with Crippen molar-refractivity contribution in [1.82, 2.24) is 10.3 Å². The first kappa shape index (κ1) is 12.2. The number of piperidine rings is 1. The third-order valence-electron chi connectivity index (χ3n) is 3.44. The van der Waals surface area contributed by atoms with E-state index in [0.717, 1.165) is 25.5 Å². The van der Waals surface area contributed by atoms with Crippen molar-refractivity contribution in [2.75, 3.05) is 32.1 Å². The summed E-state index contributed by atoms with van der Waals surface area (Å²) in [4.78, 5) is 4.36. The molecule has 4 nitrogen and oxygen atoms in total. The molecule has 0 bridgehead atoms. The van der Waals surface area contributed by atoms with Gasteiger partial charge in [-0.05, 0) is 37.4 Å². The monoisotopic (exact) mass is 235 g/mol. The minimum Gasteiger partial charge on any atom is -0.481 e. The van der Waals surface area contributed by atoms with Gasteiger partial charge in [0.25, 0.3) is 0 Å². The average Bonchev–Trinajstić information content (AvgIpc) is 2.38. The predicted molar refractivity (Wildman–Crippen MR) is 69.5 cm³/mol. The van der Waals surface area contributed by atoms with Crippen LogP contribution < -0.4 is 15.4 Å². The standard InChI is InChI=1S/C13H21N3O/c1-13(6-8-14-9-7-13)10-15-11-4-3-5-12(16-11)17-2/h3-5,14H,6-10H2,1-2H3,(H,15,16). The van der Waals surface area contributed by atoms with E-state index < -0.39 is 0 Å². The van der Waals surface area contributed by atoms with E-state index in [1.54, 1.807) is 7.11 Å². The van der Waals surface area contributed by atoms with Crippen molar-refractivity contribution in [3.05, 3.63) is 18.2 Å². The summed E-state index contributed by atoms with van der Waals surface area (Å²) in [5, 5.41) is 6.80. The Morgan fingerprint density at radius 3 is 2.88 bits per heavy atom. The molecule has 0 radical (unpaired) electrons. The zero-order chi connectivity index (χ0) is 12.1. The molecule has 1 aromatic heterocycles. The van der Waals surface area contributed by atoms with Gasteiger partial charge in [-0.3, -0.25) is 0 Å². The summed E-state index contributed by atoms with van der Waals surface area (Å²) in [7, 11) is 1.64. The number of rotatable bonds is 4. The van der Waals surface area contributed by atoms with E-state index in [0.29, 0.717) is 11.3 Å². The zero-order valence-corrected chi connectivity index (χ0v) is 10.6. The molecule has 2 heterocycles. The van der Waals surface area contributed by atoms with Crippen LogP contribution in [0.3, 0.4) is 0 Å². The highest BCUT2D eigenvalue weighted by molar-refractivity contribution is 5.37. The van der Waals surface area contributed by atoms with Crippen LogP contribution >= 0.6 is 0 Å². The topological polar surface area (TPSA) is 46.2 Å². The van der Waals surface area contributed by atoms with Crippen LogP contribution in [0.25, 0.3) is 0 Å². The van der Waals surface area contributed by atoms with Crippen LogP contribution in [-0.2, 0) is 0 Å². The number of hydrogen-bond acceptors (Lipinski definition) is 4. The van der Waals surface area contributed by atoms with Gasteiger partial charge in [0.15, 0.2) is 0 Å². The maximum Gasteiger partial charge on any atom is 0.214 e. The molecule has 1 aliphatic heterocycles. The lowest BCUT2D eigenvalue weighted by molar-refractivity contribution is 0.247. The second-order valence-electron chi connectivity index (χ2n) is 4.98. The van der Waals surface area contributed by atoms with Crippen molar-refractivity contribution >= 4 is 5.82 Å². The highest BCUT2D eigenvalue weighted by Gasteiger charge is 2.26. The molecular formula is C13H21N3O. The van der Waals surface area contributed by atoms with Gasteiger partial charge in [-0.15, -0.1) is 0 Å². The quantitative estimate of drug-likeness (QED) is 0.836. The number of methoxy groups -OCH3 is 1. The van der Waals surface area contributed by atoms with Crippen molar-refractivity contribution in [3.63, 3.8) is 0 Å². The summed E-state index contributed by atoms with van der Waals surface area (Å²) < 4.78 is 5.11. The summed E-state index contributed by atoms with van der Waals surface area (Å²) in [6, 6.07) is 5.79. The van der Waals surface area contributed by atoms with Crippen LogP contribution in [0.2, 0.25) is 0 Å². The van der Waals surface area contributed by atoms with Crippen LogP contribution in [0.15, 0.2) is 18.2 Å². The second kappa shape index (κ2) is 5.36. The first-order valence-electron chi connectivity index (χ1n) is 6.17. The zero-order valence-electron chi connectivity index (χ0n) is 10.6. The lowest BCUT2D eigenvalue weighted by atomic mass is 9.81. The largest absolute Gasteiger partial charge is 0.481 e. The Morgan fingerprint density at radius 1 is 1.41 bits per heavy atom. The molecule has 0 unspecified atom stereocenters. The Bertz CT molecular complexity index is 361.